The lowest BCUT2D eigenvalue weighted by molar-refractivity contribution is -0.140. The third-order valence-electron chi connectivity index (χ3n) is 8.43. The van der Waals surface area contributed by atoms with E-state index >= 15 is 0 Å². The molecule has 8 amide bonds. The molecule has 18 heteroatoms. The summed E-state index contributed by atoms with van der Waals surface area (Å²) in [7, 11) is 0. The fourth-order valence-corrected chi connectivity index (χ4v) is 5.53. The summed E-state index contributed by atoms with van der Waals surface area (Å²) in [6.07, 6.45) is 3.70. The van der Waals surface area contributed by atoms with Crippen molar-refractivity contribution in [1.29, 1.82) is 0 Å². The van der Waals surface area contributed by atoms with Crippen LogP contribution in [0.15, 0.2) is 42.9 Å². The number of nitrogens with one attached hydrogen (secondary N) is 7. The van der Waals surface area contributed by atoms with Gasteiger partial charge in [-0.2, -0.15) is 0 Å². The van der Waals surface area contributed by atoms with Crippen molar-refractivity contribution < 1.29 is 38.4 Å². The van der Waals surface area contributed by atoms with E-state index in [-0.39, 0.29) is 18.9 Å². The molecule has 1 aliphatic heterocycles. The Morgan fingerprint density at radius 2 is 1.54 bits per heavy atom. The number of carbonyl (C=O) groups is 8. The summed E-state index contributed by atoms with van der Waals surface area (Å²) >= 11 is 0. The standard InChI is InChI=1S/C34H48N10O8/c1-18(2)27(41-21(5)45)33(51)42-24(14-23-15-36-17-38-23)31(49)40-20(4)30(48)37-16-26(46)44-13-9-12-25(44)32(50)43-28(22-10-7-6-8-11-22)34(52)39-19(3)29(35)47/h6-8,10-11,15,17-20,24-25,27-28H,9,12-14,16H2,1-5H3,(H2,35,47)(H,36,38)(H,37,48)(H,39,52)(H,40,49)(H,41,45)(H,42,51)(H,43,50)/t19-,20+,24+,25+,27+,28-/m1/s1. The number of hydrogen-bond donors (Lipinski definition) is 8. The third kappa shape index (κ3) is 11.6. The van der Waals surface area contributed by atoms with E-state index in [2.05, 4.69) is 41.9 Å². The van der Waals surface area contributed by atoms with Gasteiger partial charge >= 0.3 is 0 Å². The number of likely N-dealkylation sites (tertiary alicyclic amines) is 1. The number of benzene rings is 1. The lowest BCUT2D eigenvalue weighted by Gasteiger charge is -2.27. The molecular weight excluding hydrogens is 676 g/mol. The van der Waals surface area contributed by atoms with Crippen LogP contribution in [0.4, 0.5) is 0 Å². The third-order valence-corrected chi connectivity index (χ3v) is 8.43. The van der Waals surface area contributed by atoms with Crippen molar-refractivity contribution in [2.75, 3.05) is 13.1 Å². The van der Waals surface area contributed by atoms with Crippen molar-refractivity contribution in [3.63, 3.8) is 0 Å². The Morgan fingerprint density at radius 1 is 0.865 bits per heavy atom. The molecule has 2 aromatic rings. The molecule has 0 spiro atoms. The molecule has 3 rings (SSSR count). The Labute approximate surface area is 301 Å². The first-order valence-electron chi connectivity index (χ1n) is 17.0. The van der Waals surface area contributed by atoms with Crippen LogP contribution in [0, 0.1) is 5.92 Å². The first kappa shape index (κ1) is 40.6. The molecule has 0 unspecified atom stereocenters. The number of amides is 8. The average Bonchev–Trinajstić information content (AvgIpc) is 3.81. The normalized spacial score (nSPS) is 16.7. The van der Waals surface area contributed by atoms with Crippen LogP contribution in [0.25, 0.3) is 0 Å². The maximum absolute atomic E-state index is 13.5. The van der Waals surface area contributed by atoms with Crippen LogP contribution < -0.4 is 37.6 Å². The molecule has 18 nitrogen and oxygen atoms in total. The van der Waals surface area contributed by atoms with E-state index in [4.69, 9.17) is 5.73 Å². The second-order valence-corrected chi connectivity index (χ2v) is 12.9. The minimum absolute atomic E-state index is 0.00462. The largest absolute Gasteiger partial charge is 0.368 e. The van der Waals surface area contributed by atoms with Crippen molar-refractivity contribution in [2.24, 2.45) is 11.7 Å². The molecule has 0 bridgehead atoms. The van der Waals surface area contributed by atoms with E-state index < -0.39 is 90.1 Å². The van der Waals surface area contributed by atoms with Crippen molar-refractivity contribution >= 4 is 47.3 Å². The summed E-state index contributed by atoms with van der Waals surface area (Å²) in [4.78, 5) is 111. The maximum Gasteiger partial charge on any atom is 0.247 e. The van der Waals surface area contributed by atoms with Crippen LogP contribution in [0.1, 0.15) is 64.8 Å². The van der Waals surface area contributed by atoms with E-state index in [1.54, 1.807) is 44.2 Å². The number of aromatic nitrogens is 2. The van der Waals surface area contributed by atoms with Gasteiger partial charge in [-0.15, -0.1) is 0 Å². The summed E-state index contributed by atoms with van der Waals surface area (Å²) in [5.74, 6) is -5.26. The molecular formula is C34H48N10O8. The van der Waals surface area contributed by atoms with Crippen LogP contribution >= 0.6 is 0 Å². The number of carbonyl (C=O) groups excluding carboxylic acids is 8. The predicted molar refractivity (Wildman–Crippen MR) is 186 cm³/mol. The van der Waals surface area contributed by atoms with E-state index in [9.17, 15) is 38.4 Å². The summed E-state index contributed by atoms with van der Waals surface area (Å²) in [5, 5.41) is 15.4. The Balaban J connectivity index is 1.62. The number of nitrogens with zero attached hydrogens (tertiary/aromatic N) is 2. The molecule has 0 radical (unpaired) electrons. The number of imidazole rings is 1. The number of primary amides is 1. The van der Waals surface area contributed by atoms with E-state index in [1.807, 2.05) is 0 Å². The Kier molecular flexibility index (Phi) is 14.8. The number of rotatable bonds is 17. The van der Waals surface area contributed by atoms with Gasteiger partial charge in [-0.3, -0.25) is 38.4 Å². The molecule has 1 aliphatic rings. The SMILES string of the molecule is CC(=O)N[C@H](C(=O)N[C@@H](Cc1cnc[nH]1)C(=O)N[C@@H](C)C(=O)NCC(=O)N1CCC[C@H]1C(=O)N[C@@H](C(=O)N[C@H](C)C(N)=O)c1ccccc1)C(C)C. The first-order chi connectivity index (χ1) is 24.6. The van der Waals surface area contributed by atoms with E-state index in [0.29, 0.717) is 24.1 Å². The highest BCUT2D eigenvalue weighted by Crippen LogP contribution is 2.20. The Bertz CT molecular complexity index is 1600. The van der Waals surface area contributed by atoms with Crippen LogP contribution in [0.2, 0.25) is 0 Å². The molecule has 0 aliphatic carbocycles. The van der Waals surface area contributed by atoms with Crippen molar-refractivity contribution in [1.82, 2.24) is 46.8 Å². The van der Waals surface area contributed by atoms with Crippen LogP contribution in [-0.2, 0) is 44.8 Å². The van der Waals surface area contributed by atoms with Gasteiger partial charge in [0.1, 0.15) is 36.3 Å². The quantitative estimate of drug-likeness (QED) is 0.0901. The van der Waals surface area contributed by atoms with Crippen molar-refractivity contribution in [3.05, 3.63) is 54.1 Å². The van der Waals surface area contributed by atoms with Crippen LogP contribution in [0.5, 0.6) is 0 Å². The van der Waals surface area contributed by atoms with E-state index in [0.717, 1.165) is 0 Å². The Hall–Kier alpha value is -5.81. The van der Waals surface area contributed by atoms with E-state index in [1.165, 1.54) is 38.2 Å². The molecule has 0 saturated carbocycles. The summed E-state index contributed by atoms with van der Waals surface area (Å²) in [5.41, 5.74) is 6.27. The van der Waals surface area contributed by atoms with Gasteiger partial charge in [-0.05, 0) is 38.2 Å². The summed E-state index contributed by atoms with van der Waals surface area (Å²) in [6, 6.07) is 2.06. The molecule has 6 atom stereocenters. The zero-order valence-electron chi connectivity index (χ0n) is 29.9. The second-order valence-electron chi connectivity index (χ2n) is 12.9. The molecule has 1 aromatic heterocycles. The van der Waals surface area contributed by atoms with Gasteiger partial charge in [0.05, 0.1) is 12.9 Å². The molecule has 52 heavy (non-hydrogen) atoms. The molecule has 2 heterocycles. The van der Waals surface area contributed by atoms with Gasteiger partial charge in [0.15, 0.2) is 0 Å². The van der Waals surface area contributed by atoms with Crippen molar-refractivity contribution in [2.45, 2.75) is 90.1 Å². The lowest BCUT2D eigenvalue weighted by atomic mass is 10.0. The van der Waals surface area contributed by atoms with Gasteiger partial charge in [0.2, 0.25) is 47.3 Å². The predicted octanol–water partition coefficient (Wildman–Crippen LogP) is -1.94. The highest BCUT2D eigenvalue weighted by Gasteiger charge is 2.37. The minimum atomic E-state index is -1.18. The number of aromatic amines is 1. The zero-order valence-corrected chi connectivity index (χ0v) is 29.9. The smallest absolute Gasteiger partial charge is 0.247 e. The average molecular weight is 725 g/mol. The number of hydrogen-bond acceptors (Lipinski definition) is 9. The molecule has 1 saturated heterocycles. The first-order valence-corrected chi connectivity index (χ1v) is 17.0. The molecule has 9 N–H and O–H groups in total. The van der Waals surface area contributed by atoms with Gasteiger partial charge in [0, 0.05) is 31.8 Å². The summed E-state index contributed by atoms with van der Waals surface area (Å²) in [6.45, 7) is 7.32. The fourth-order valence-electron chi connectivity index (χ4n) is 5.53. The van der Waals surface area contributed by atoms with Crippen LogP contribution in [-0.4, -0.2) is 105 Å². The molecule has 282 valence electrons. The minimum Gasteiger partial charge on any atom is -0.368 e. The topological polar surface area (TPSA) is 267 Å². The monoisotopic (exact) mass is 724 g/mol. The van der Waals surface area contributed by atoms with Crippen molar-refractivity contribution in [3.8, 4) is 0 Å². The highest BCUT2D eigenvalue weighted by molar-refractivity contribution is 5.97. The maximum atomic E-state index is 13.5. The fraction of sp³-hybridized carbons (Fsp3) is 0.500. The Morgan fingerprint density at radius 3 is 2.13 bits per heavy atom. The van der Waals surface area contributed by atoms with Gasteiger partial charge < -0.3 is 47.5 Å². The zero-order chi connectivity index (χ0) is 38.5. The lowest BCUT2D eigenvalue weighted by Crippen LogP contribution is -2.58. The number of nitrogens with two attached hydrogens (primary N) is 1. The van der Waals surface area contributed by atoms with Gasteiger partial charge in [-0.1, -0.05) is 44.2 Å². The second kappa shape index (κ2) is 19.0. The summed E-state index contributed by atoms with van der Waals surface area (Å²) < 4.78 is 0. The van der Waals surface area contributed by atoms with Gasteiger partial charge in [0.25, 0.3) is 0 Å². The number of H-pyrrole nitrogens is 1. The molecule has 1 fully saturated rings. The van der Waals surface area contributed by atoms with Gasteiger partial charge in [-0.25, -0.2) is 4.98 Å². The molecule has 1 aromatic carbocycles. The van der Waals surface area contributed by atoms with Crippen LogP contribution in [0.3, 0.4) is 0 Å². The highest BCUT2D eigenvalue weighted by atomic mass is 16.2.